The Morgan fingerprint density at radius 3 is 2.33 bits per heavy atom. The van der Waals surface area contributed by atoms with Gasteiger partial charge in [-0.1, -0.05) is 12.1 Å². The molecule has 0 radical (unpaired) electrons. The Bertz CT molecular complexity index is 1530. The molecule has 2 bridgehead atoms. The Kier molecular flexibility index (Phi) is 9.12. The number of nitrogens with zero attached hydrogens (tertiary/aromatic N) is 4. The summed E-state index contributed by atoms with van der Waals surface area (Å²) < 4.78 is 12.3. The largest absolute Gasteiger partial charge is 0.496 e. The second-order valence-electron chi connectivity index (χ2n) is 14.3. The number of carbonyl (C=O) groups is 2. The maximum absolute atomic E-state index is 14.5. The summed E-state index contributed by atoms with van der Waals surface area (Å²) in [6.45, 7) is 7.05. The van der Waals surface area contributed by atoms with E-state index in [1.807, 2.05) is 28.0 Å². The van der Waals surface area contributed by atoms with Gasteiger partial charge < -0.3 is 14.8 Å². The van der Waals surface area contributed by atoms with E-state index in [1.165, 1.54) is 18.2 Å². The summed E-state index contributed by atoms with van der Waals surface area (Å²) in [5, 5.41) is 7.47. The number of nitrogens with one attached hydrogen (secondary N) is 1. The van der Waals surface area contributed by atoms with Crippen molar-refractivity contribution in [2.24, 2.45) is 11.3 Å². The highest BCUT2D eigenvalue weighted by Crippen LogP contribution is 2.58. The first-order chi connectivity index (χ1) is 22.1. The average Bonchev–Trinajstić information content (AvgIpc) is 3.59. The molecule has 2 amide bonds. The van der Waals surface area contributed by atoms with E-state index in [9.17, 15) is 9.59 Å². The summed E-state index contributed by atoms with van der Waals surface area (Å²) >= 11 is 0. The quantitative estimate of drug-likeness (QED) is 0.266. The van der Waals surface area contributed by atoms with Gasteiger partial charge in [0.05, 0.1) is 20.4 Å². The van der Waals surface area contributed by atoms with Crippen molar-refractivity contribution < 1.29 is 19.1 Å². The van der Waals surface area contributed by atoms with Crippen molar-refractivity contribution >= 4 is 17.8 Å². The molecular weight excluding hydrogens is 578 g/mol. The Hall–Kier alpha value is -3.88. The Balaban J connectivity index is 1.24. The molecule has 0 saturated heterocycles. The third-order valence-corrected chi connectivity index (χ3v) is 11.2. The van der Waals surface area contributed by atoms with Crippen molar-refractivity contribution in [2.45, 2.75) is 102 Å². The lowest BCUT2D eigenvalue weighted by Gasteiger charge is -2.55. The molecule has 1 aromatic carbocycles. The number of hydrogen-bond donors (Lipinski definition) is 1. The first-order valence-electron chi connectivity index (χ1n) is 17.0. The van der Waals surface area contributed by atoms with Crippen LogP contribution in [0.5, 0.6) is 5.75 Å². The minimum absolute atomic E-state index is 0.0360. The normalized spacial score (nSPS) is 25.7. The number of aromatic nitrogens is 3. The summed E-state index contributed by atoms with van der Waals surface area (Å²) in [6.07, 6.45) is 15.0. The number of fused-ring (bicyclic) bond motifs is 3. The number of ether oxygens (including phenoxy) is 2. The highest BCUT2D eigenvalue weighted by molar-refractivity contribution is 5.95. The van der Waals surface area contributed by atoms with Gasteiger partial charge in [-0.05, 0) is 131 Å². The van der Waals surface area contributed by atoms with Crippen LogP contribution < -0.4 is 15.0 Å². The van der Waals surface area contributed by atoms with Gasteiger partial charge in [0.1, 0.15) is 11.6 Å². The van der Waals surface area contributed by atoms with Crippen molar-refractivity contribution in [3.05, 3.63) is 60.0 Å². The van der Waals surface area contributed by atoms with E-state index in [0.29, 0.717) is 6.54 Å². The third-order valence-electron chi connectivity index (χ3n) is 11.2. The number of aryl methyl sites for hydroxylation is 1. The fraction of sp³-hybridized carbons (Fsp3) is 0.568. The monoisotopic (exact) mass is 627 g/mol. The van der Waals surface area contributed by atoms with Crippen LogP contribution in [0.1, 0.15) is 95.2 Å². The smallest absolute Gasteiger partial charge is 0.407 e. The number of anilines is 1. The van der Waals surface area contributed by atoms with Crippen LogP contribution in [0.15, 0.2) is 48.9 Å². The number of benzene rings is 1. The number of amides is 2. The minimum atomic E-state index is -0.409. The Labute approximate surface area is 273 Å². The maximum atomic E-state index is 14.5. The predicted octanol–water partition coefficient (Wildman–Crippen LogP) is 7.38. The fourth-order valence-corrected chi connectivity index (χ4v) is 8.19. The van der Waals surface area contributed by atoms with E-state index in [0.717, 1.165) is 86.9 Å². The van der Waals surface area contributed by atoms with Gasteiger partial charge in [0.2, 0.25) is 5.91 Å². The van der Waals surface area contributed by atoms with Crippen molar-refractivity contribution in [1.82, 2.24) is 20.1 Å². The molecule has 46 heavy (non-hydrogen) atoms. The molecule has 2 aromatic heterocycles. The van der Waals surface area contributed by atoms with Gasteiger partial charge in [-0.2, -0.15) is 5.10 Å². The van der Waals surface area contributed by atoms with E-state index < -0.39 is 6.09 Å². The third kappa shape index (κ3) is 6.38. The SMILES string of the molecule is COC(=O)NC1CCC(C(=O)N(CC23CCC(c4ccc(OC)c(C)c4)(CC2)CC3)c2cc(-c3cnn(C(C)C)c3)ccn2)CC1. The number of hydrogen-bond acceptors (Lipinski definition) is 6. The summed E-state index contributed by atoms with van der Waals surface area (Å²) in [7, 11) is 3.12. The Morgan fingerprint density at radius 2 is 1.72 bits per heavy atom. The van der Waals surface area contributed by atoms with Crippen LogP contribution in [0.3, 0.4) is 0 Å². The summed E-state index contributed by atoms with van der Waals surface area (Å²) in [4.78, 5) is 33.1. The number of methoxy groups -OCH3 is 2. The zero-order valence-corrected chi connectivity index (χ0v) is 28.1. The first kappa shape index (κ1) is 32.1. The number of rotatable bonds is 9. The first-order valence-corrected chi connectivity index (χ1v) is 17.0. The molecule has 0 spiro atoms. The molecule has 3 aromatic rings. The fourth-order valence-electron chi connectivity index (χ4n) is 8.19. The topological polar surface area (TPSA) is 98.6 Å². The van der Waals surface area contributed by atoms with Gasteiger partial charge in [-0.15, -0.1) is 0 Å². The van der Waals surface area contributed by atoms with Crippen LogP contribution in [0, 0.1) is 18.3 Å². The molecule has 4 saturated carbocycles. The molecule has 7 rings (SSSR count). The highest BCUT2D eigenvalue weighted by atomic mass is 16.5. The van der Waals surface area contributed by atoms with Gasteiger partial charge in [0.25, 0.3) is 0 Å². The molecule has 4 aliphatic carbocycles. The van der Waals surface area contributed by atoms with Crippen LogP contribution in [0.25, 0.3) is 11.1 Å². The van der Waals surface area contributed by atoms with Gasteiger partial charge in [0.15, 0.2) is 0 Å². The maximum Gasteiger partial charge on any atom is 0.407 e. The van der Waals surface area contributed by atoms with Gasteiger partial charge in [-0.3, -0.25) is 14.4 Å². The molecule has 246 valence electrons. The predicted molar refractivity (Wildman–Crippen MR) is 179 cm³/mol. The molecule has 2 heterocycles. The second-order valence-corrected chi connectivity index (χ2v) is 14.3. The van der Waals surface area contributed by atoms with Crippen molar-refractivity contribution in [1.29, 1.82) is 0 Å². The summed E-state index contributed by atoms with van der Waals surface area (Å²) in [5.41, 5.74) is 4.93. The standard InChI is InChI=1S/C37H49N5O4/c1-25(2)42-23-29(22-39-42)28-12-19-38-33(21-28)41(34(43)27-6-9-31(10-7-27)40-35(44)46-5)24-36-13-16-37(17-14-36,18-15-36)30-8-11-32(45-4)26(3)20-30/h8,11-12,19-23,25,27,31H,6-7,9-10,13-18,24H2,1-5H3,(H,40,44). The lowest BCUT2D eigenvalue weighted by Crippen LogP contribution is -2.52. The van der Waals surface area contributed by atoms with Crippen LogP contribution in [0.2, 0.25) is 0 Å². The molecule has 0 aliphatic heterocycles. The summed E-state index contributed by atoms with van der Waals surface area (Å²) in [5.74, 6) is 1.71. The zero-order chi connectivity index (χ0) is 32.5. The van der Waals surface area contributed by atoms with Crippen LogP contribution in [0.4, 0.5) is 10.6 Å². The van der Waals surface area contributed by atoms with Gasteiger partial charge >= 0.3 is 6.09 Å². The molecule has 9 nitrogen and oxygen atoms in total. The molecular formula is C37H49N5O4. The summed E-state index contributed by atoms with van der Waals surface area (Å²) in [6, 6.07) is 11.1. The van der Waals surface area contributed by atoms with Gasteiger partial charge in [-0.25, -0.2) is 9.78 Å². The Morgan fingerprint density at radius 1 is 1.00 bits per heavy atom. The van der Waals surface area contributed by atoms with Crippen LogP contribution in [-0.2, 0) is 14.9 Å². The molecule has 4 fully saturated rings. The zero-order valence-electron chi connectivity index (χ0n) is 28.1. The van der Waals surface area contributed by atoms with E-state index >= 15 is 0 Å². The number of alkyl carbamates (subject to hydrolysis) is 1. The average molecular weight is 628 g/mol. The van der Waals surface area contributed by atoms with E-state index in [4.69, 9.17) is 14.5 Å². The van der Waals surface area contributed by atoms with Crippen molar-refractivity contribution in [2.75, 3.05) is 25.7 Å². The van der Waals surface area contributed by atoms with Crippen LogP contribution >= 0.6 is 0 Å². The molecule has 0 atom stereocenters. The molecule has 1 N–H and O–H groups in total. The lowest BCUT2D eigenvalue weighted by atomic mass is 9.51. The molecule has 4 aliphatic rings. The van der Waals surface area contributed by atoms with E-state index in [2.05, 4.69) is 61.6 Å². The van der Waals surface area contributed by atoms with Gasteiger partial charge in [0, 0.05) is 42.5 Å². The van der Waals surface area contributed by atoms with Crippen molar-refractivity contribution in [3.63, 3.8) is 0 Å². The van der Waals surface area contributed by atoms with E-state index in [1.54, 1.807) is 7.11 Å². The minimum Gasteiger partial charge on any atom is -0.496 e. The molecule has 0 unspecified atom stereocenters. The number of pyridine rings is 1. The second kappa shape index (κ2) is 13.1. The lowest BCUT2D eigenvalue weighted by molar-refractivity contribution is -0.124. The van der Waals surface area contributed by atoms with Crippen LogP contribution in [-0.4, -0.2) is 53.6 Å². The van der Waals surface area contributed by atoms with Crippen molar-refractivity contribution in [3.8, 4) is 16.9 Å². The molecule has 9 heteroatoms. The highest BCUT2D eigenvalue weighted by Gasteiger charge is 2.51. The number of carbonyl (C=O) groups excluding carboxylic acids is 2. The van der Waals surface area contributed by atoms with E-state index in [-0.39, 0.29) is 34.7 Å².